The van der Waals surface area contributed by atoms with Gasteiger partial charge in [-0.15, -0.1) is 0 Å². The van der Waals surface area contributed by atoms with Crippen LogP contribution in [0.3, 0.4) is 0 Å². The first kappa shape index (κ1) is 17.3. The number of hydrogen-bond acceptors (Lipinski definition) is 1. The molecule has 5 fully saturated rings. The number of fused-ring (bicyclic) bond motifs is 7. The van der Waals surface area contributed by atoms with Crippen molar-refractivity contribution in [3.8, 4) is 0 Å². The molecule has 1 nitrogen and oxygen atoms in total. The van der Waals surface area contributed by atoms with Crippen LogP contribution in [0.5, 0.6) is 0 Å². The number of Topliss-reactive ketones (excluding diaryl/α,β-unsaturated/α-hetero) is 1. The Bertz CT molecular complexity index is 601. The van der Waals surface area contributed by atoms with Crippen molar-refractivity contribution in [2.24, 2.45) is 51.8 Å². The summed E-state index contributed by atoms with van der Waals surface area (Å²) in [6, 6.07) is 0. The van der Waals surface area contributed by atoms with Gasteiger partial charge in [0.05, 0.1) is 5.33 Å². The standard InChI is InChI=1S/C23H35BrO/c1-21-9-8-17-15-6-10-22(2)16(4-5-18(22)19(25)13-24)14(15)7-11-23(17,3)20(21)12-21/h14-18,20H,4-13H2,1-3H3/t14-,15+,16+,17-,18-,20?,21-,22+,23-/m1/s1. The van der Waals surface area contributed by atoms with Crippen LogP contribution in [0.25, 0.3) is 0 Å². The molecule has 0 radical (unpaired) electrons. The molecule has 5 rings (SSSR count). The van der Waals surface area contributed by atoms with Crippen LogP contribution in [0.4, 0.5) is 0 Å². The second-order valence-corrected chi connectivity index (χ2v) is 11.9. The summed E-state index contributed by atoms with van der Waals surface area (Å²) >= 11 is 3.45. The SMILES string of the molecule is C[C@]12CC[C@@H]3[C@H]4CC[C@]5(C)[C@@H](C(=O)CBr)CC[C@H]5[C@@H]4CC[C@@]3(C)C1C2. The van der Waals surface area contributed by atoms with Crippen molar-refractivity contribution in [1.29, 1.82) is 0 Å². The van der Waals surface area contributed by atoms with Crippen LogP contribution in [0.1, 0.15) is 78.6 Å². The molecular weight excluding hydrogens is 372 g/mol. The molecule has 5 saturated carbocycles. The van der Waals surface area contributed by atoms with Crippen molar-refractivity contribution in [3.05, 3.63) is 0 Å². The monoisotopic (exact) mass is 406 g/mol. The Morgan fingerprint density at radius 2 is 1.52 bits per heavy atom. The third-order valence-electron chi connectivity index (χ3n) is 10.6. The summed E-state index contributed by atoms with van der Waals surface area (Å²) in [5.41, 5.74) is 1.66. The molecule has 0 aromatic heterocycles. The van der Waals surface area contributed by atoms with Crippen molar-refractivity contribution < 1.29 is 4.79 Å². The van der Waals surface area contributed by atoms with E-state index in [1.165, 1.54) is 51.4 Å². The Labute approximate surface area is 162 Å². The zero-order valence-electron chi connectivity index (χ0n) is 16.3. The van der Waals surface area contributed by atoms with E-state index >= 15 is 0 Å². The van der Waals surface area contributed by atoms with Gasteiger partial charge in [0.25, 0.3) is 0 Å². The van der Waals surface area contributed by atoms with Crippen molar-refractivity contribution >= 4 is 21.7 Å². The minimum atomic E-state index is 0.308. The maximum atomic E-state index is 12.6. The molecule has 1 unspecified atom stereocenters. The average Bonchev–Trinajstić information content (AvgIpc) is 3.17. The minimum Gasteiger partial charge on any atom is -0.298 e. The van der Waals surface area contributed by atoms with E-state index in [0.717, 1.165) is 36.0 Å². The quantitative estimate of drug-likeness (QED) is 0.495. The van der Waals surface area contributed by atoms with Crippen molar-refractivity contribution in [3.63, 3.8) is 0 Å². The van der Waals surface area contributed by atoms with Gasteiger partial charge in [-0.3, -0.25) is 4.79 Å². The molecule has 0 heterocycles. The molecule has 0 aromatic rings. The van der Waals surface area contributed by atoms with Crippen LogP contribution in [0.15, 0.2) is 0 Å². The molecule has 0 N–H and O–H groups in total. The molecule has 0 aromatic carbocycles. The largest absolute Gasteiger partial charge is 0.298 e. The maximum absolute atomic E-state index is 12.6. The van der Waals surface area contributed by atoms with Crippen LogP contribution in [0, 0.1) is 51.8 Å². The van der Waals surface area contributed by atoms with Gasteiger partial charge in [0.2, 0.25) is 0 Å². The zero-order valence-corrected chi connectivity index (χ0v) is 17.9. The normalized spacial score (nSPS) is 59.4. The van der Waals surface area contributed by atoms with Gasteiger partial charge in [-0.25, -0.2) is 0 Å². The maximum Gasteiger partial charge on any atom is 0.147 e. The Kier molecular flexibility index (Phi) is 3.70. The van der Waals surface area contributed by atoms with Gasteiger partial charge in [-0.2, -0.15) is 0 Å². The summed E-state index contributed by atoms with van der Waals surface area (Å²) < 4.78 is 0. The van der Waals surface area contributed by atoms with Gasteiger partial charge in [-0.05, 0) is 104 Å². The highest BCUT2D eigenvalue weighted by Gasteiger charge is 2.68. The van der Waals surface area contributed by atoms with Crippen LogP contribution < -0.4 is 0 Å². The molecule has 25 heavy (non-hydrogen) atoms. The molecule has 0 bridgehead atoms. The summed E-state index contributed by atoms with van der Waals surface area (Å²) in [5, 5.41) is 0.565. The lowest BCUT2D eigenvalue weighted by atomic mass is 9.45. The van der Waals surface area contributed by atoms with Crippen LogP contribution in [-0.4, -0.2) is 11.1 Å². The van der Waals surface area contributed by atoms with Gasteiger partial charge in [-0.1, -0.05) is 36.7 Å². The smallest absolute Gasteiger partial charge is 0.147 e. The Morgan fingerprint density at radius 1 is 0.880 bits per heavy atom. The molecule has 0 spiro atoms. The first-order valence-corrected chi connectivity index (χ1v) is 12.0. The summed E-state index contributed by atoms with van der Waals surface area (Å²) in [7, 11) is 0. The second kappa shape index (κ2) is 5.36. The Balaban J connectivity index is 1.42. The van der Waals surface area contributed by atoms with E-state index in [9.17, 15) is 4.79 Å². The van der Waals surface area contributed by atoms with Gasteiger partial charge in [0.15, 0.2) is 0 Å². The summed E-state index contributed by atoms with van der Waals surface area (Å²) in [4.78, 5) is 12.6. The van der Waals surface area contributed by atoms with E-state index in [4.69, 9.17) is 0 Å². The second-order valence-electron chi connectivity index (χ2n) is 11.3. The minimum absolute atomic E-state index is 0.308. The fourth-order valence-corrected chi connectivity index (χ4v) is 9.57. The molecule has 0 saturated heterocycles. The van der Waals surface area contributed by atoms with Crippen LogP contribution in [-0.2, 0) is 4.79 Å². The van der Waals surface area contributed by atoms with E-state index in [-0.39, 0.29) is 0 Å². The summed E-state index contributed by atoms with van der Waals surface area (Å²) in [6.07, 6.45) is 12.7. The van der Waals surface area contributed by atoms with E-state index in [1.54, 1.807) is 0 Å². The molecular formula is C23H35BrO. The number of hydrogen-bond donors (Lipinski definition) is 0. The predicted molar refractivity (Wildman–Crippen MR) is 106 cm³/mol. The molecule has 2 heteroatoms. The van der Waals surface area contributed by atoms with Crippen LogP contribution in [0.2, 0.25) is 0 Å². The van der Waals surface area contributed by atoms with Gasteiger partial charge in [0.1, 0.15) is 5.78 Å². The van der Waals surface area contributed by atoms with Crippen molar-refractivity contribution in [2.45, 2.75) is 78.6 Å². The number of halogens is 1. The van der Waals surface area contributed by atoms with E-state index in [1.807, 2.05) is 0 Å². The highest BCUT2D eigenvalue weighted by Crippen LogP contribution is 2.75. The van der Waals surface area contributed by atoms with Crippen molar-refractivity contribution in [1.82, 2.24) is 0 Å². The fraction of sp³-hybridized carbons (Fsp3) is 0.957. The molecule has 0 aliphatic heterocycles. The van der Waals surface area contributed by atoms with Gasteiger partial charge >= 0.3 is 0 Å². The number of carbonyl (C=O) groups excluding carboxylic acids is 1. The van der Waals surface area contributed by atoms with E-state index in [0.29, 0.717) is 33.3 Å². The highest BCUT2D eigenvalue weighted by molar-refractivity contribution is 9.09. The first-order chi connectivity index (χ1) is 11.8. The summed E-state index contributed by atoms with van der Waals surface area (Å²) in [5.74, 6) is 5.56. The van der Waals surface area contributed by atoms with E-state index < -0.39 is 0 Å². The topological polar surface area (TPSA) is 17.1 Å². The van der Waals surface area contributed by atoms with Gasteiger partial charge in [0, 0.05) is 5.92 Å². The lowest BCUT2D eigenvalue weighted by molar-refractivity contribution is -0.131. The molecule has 0 amide bonds. The van der Waals surface area contributed by atoms with Crippen molar-refractivity contribution in [2.75, 3.05) is 5.33 Å². The molecule has 9 atom stereocenters. The lowest BCUT2D eigenvalue weighted by Gasteiger charge is -2.59. The Hall–Kier alpha value is 0.150. The van der Waals surface area contributed by atoms with E-state index in [2.05, 4.69) is 36.7 Å². The summed E-state index contributed by atoms with van der Waals surface area (Å²) in [6.45, 7) is 7.72. The van der Waals surface area contributed by atoms with Crippen LogP contribution >= 0.6 is 15.9 Å². The molecule has 5 aliphatic carbocycles. The highest BCUT2D eigenvalue weighted by atomic mass is 79.9. The fourth-order valence-electron chi connectivity index (χ4n) is 9.18. The number of alkyl halides is 1. The first-order valence-electron chi connectivity index (χ1n) is 10.9. The lowest BCUT2D eigenvalue weighted by Crippen LogP contribution is -2.53. The average molecular weight is 407 g/mol. The third-order valence-corrected chi connectivity index (χ3v) is 11.1. The molecule has 5 aliphatic rings. The third kappa shape index (κ3) is 2.15. The van der Waals surface area contributed by atoms with Gasteiger partial charge < -0.3 is 0 Å². The number of carbonyl (C=O) groups is 1. The predicted octanol–water partition coefficient (Wildman–Crippen LogP) is 6.25. The number of rotatable bonds is 2. The number of ketones is 1. The Morgan fingerprint density at radius 3 is 2.20 bits per heavy atom. The molecule has 140 valence electrons. The zero-order chi connectivity index (χ0) is 17.6.